The molecule has 0 radical (unpaired) electrons. The number of hydrogen-bond acceptors (Lipinski definition) is 3. The molecule has 1 aromatic rings. The van der Waals surface area contributed by atoms with Crippen LogP contribution in [0.4, 0.5) is 5.69 Å². The van der Waals surface area contributed by atoms with Gasteiger partial charge in [-0.25, -0.2) is 0 Å². The minimum Gasteiger partial charge on any atom is -0.369 e. The first kappa shape index (κ1) is 11.4. The molecule has 0 amide bonds. The maximum atomic E-state index is 8.94. The van der Waals surface area contributed by atoms with Crippen LogP contribution in [0.1, 0.15) is 12.5 Å². The van der Waals surface area contributed by atoms with E-state index in [-0.39, 0.29) is 0 Å². The lowest BCUT2D eigenvalue weighted by atomic mass is 10.1. The van der Waals surface area contributed by atoms with E-state index in [9.17, 15) is 0 Å². The highest BCUT2D eigenvalue weighted by atomic mass is 79.9. The van der Waals surface area contributed by atoms with E-state index in [1.54, 1.807) is 0 Å². The summed E-state index contributed by atoms with van der Waals surface area (Å²) in [5.41, 5.74) is 1.83. The van der Waals surface area contributed by atoms with Crippen molar-refractivity contribution in [3.8, 4) is 6.07 Å². The number of nitrogens with one attached hydrogen (secondary N) is 1. The van der Waals surface area contributed by atoms with E-state index in [1.807, 2.05) is 12.1 Å². The molecule has 1 heterocycles. The number of benzene rings is 1. The van der Waals surface area contributed by atoms with Gasteiger partial charge in [0.25, 0.3) is 0 Å². The predicted octanol–water partition coefficient (Wildman–Crippen LogP) is 2.12. The van der Waals surface area contributed by atoms with Crippen LogP contribution in [0, 0.1) is 11.3 Å². The van der Waals surface area contributed by atoms with Crippen LogP contribution < -0.4 is 10.2 Å². The van der Waals surface area contributed by atoms with Crippen molar-refractivity contribution in [2.24, 2.45) is 0 Å². The Morgan fingerprint density at radius 1 is 1.50 bits per heavy atom. The summed E-state index contributed by atoms with van der Waals surface area (Å²) in [5, 5.41) is 12.3. The molecular formula is C12H14BrN3. The zero-order chi connectivity index (χ0) is 11.5. The van der Waals surface area contributed by atoms with E-state index in [0.29, 0.717) is 11.6 Å². The largest absolute Gasteiger partial charge is 0.369 e. The molecule has 0 spiro atoms. The molecule has 1 atom stereocenters. The average molecular weight is 280 g/mol. The van der Waals surface area contributed by atoms with Gasteiger partial charge in [0.1, 0.15) is 0 Å². The van der Waals surface area contributed by atoms with E-state index in [2.05, 4.69) is 45.2 Å². The zero-order valence-corrected chi connectivity index (χ0v) is 10.8. The van der Waals surface area contributed by atoms with Crippen molar-refractivity contribution >= 4 is 21.6 Å². The van der Waals surface area contributed by atoms with Gasteiger partial charge in [0.05, 0.1) is 11.6 Å². The Labute approximate surface area is 104 Å². The van der Waals surface area contributed by atoms with Crippen molar-refractivity contribution in [3.05, 3.63) is 28.2 Å². The van der Waals surface area contributed by atoms with Crippen LogP contribution >= 0.6 is 15.9 Å². The van der Waals surface area contributed by atoms with Crippen molar-refractivity contribution in [2.45, 2.75) is 13.0 Å². The van der Waals surface area contributed by atoms with Crippen LogP contribution in [-0.4, -0.2) is 25.7 Å². The van der Waals surface area contributed by atoms with Crippen LogP contribution in [0.5, 0.6) is 0 Å². The lowest BCUT2D eigenvalue weighted by Gasteiger charge is -2.33. The summed E-state index contributed by atoms with van der Waals surface area (Å²) in [5.74, 6) is 0. The Kier molecular flexibility index (Phi) is 3.47. The highest BCUT2D eigenvalue weighted by Crippen LogP contribution is 2.23. The second-order valence-electron chi connectivity index (χ2n) is 4.11. The van der Waals surface area contributed by atoms with Crippen LogP contribution in [0.25, 0.3) is 0 Å². The van der Waals surface area contributed by atoms with Gasteiger partial charge in [-0.05, 0) is 25.1 Å². The summed E-state index contributed by atoms with van der Waals surface area (Å²) < 4.78 is 0.965. The fourth-order valence-corrected chi connectivity index (χ4v) is 2.47. The molecule has 1 aromatic carbocycles. The standard InChI is InChI=1S/C12H14BrN3/c1-9-8-16(3-2-15-9)12-5-10(7-14)4-11(13)6-12/h4-6,9,15H,2-3,8H2,1H3/t9-/m1/s1. The topological polar surface area (TPSA) is 39.1 Å². The van der Waals surface area contributed by atoms with Crippen molar-refractivity contribution in [3.63, 3.8) is 0 Å². The predicted molar refractivity (Wildman–Crippen MR) is 68.5 cm³/mol. The second kappa shape index (κ2) is 4.86. The number of nitriles is 1. The Hall–Kier alpha value is -1.05. The van der Waals surface area contributed by atoms with E-state index < -0.39 is 0 Å². The molecular weight excluding hydrogens is 266 g/mol. The van der Waals surface area contributed by atoms with Crippen molar-refractivity contribution in [2.75, 3.05) is 24.5 Å². The number of halogens is 1. The van der Waals surface area contributed by atoms with E-state index in [0.717, 1.165) is 29.8 Å². The Bertz CT molecular complexity index is 425. The third-order valence-electron chi connectivity index (χ3n) is 2.75. The van der Waals surface area contributed by atoms with Gasteiger partial charge < -0.3 is 10.2 Å². The van der Waals surface area contributed by atoms with Gasteiger partial charge >= 0.3 is 0 Å². The molecule has 0 aromatic heterocycles. The lowest BCUT2D eigenvalue weighted by molar-refractivity contribution is 0.485. The van der Waals surface area contributed by atoms with Crippen LogP contribution in [0.2, 0.25) is 0 Å². The maximum Gasteiger partial charge on any atom is 0.0992 e. The molecule has 16 heavy (non-hydrogen) atoms. The Balaban J connectivity index is 2.26. The quantitative estimate of drug-likeness (QED) is 0.856. The first-order valence-corrected chi connectivity index (χ1v) is 6.17. The maximum absolute atomic E-state index is 8.94. The molecule has 84 valence electrons. The van der Waals surface area contributed by atoms with Gasteiger partial charge in [0.15, 0.2) is 0 Å². The summed E-state index contributed by atoms with van der Waals surface area (Å²) >= 11 is 3.44. The average Bonchev–Trinajstić information content (AvgIpc) is 2.28. The molecule has 0 bridgehead atoms. The third-order valence-corrected chi connectivity index (χ3v) is 3.20. The van der Waals surface area contributed by atoms with Gasteiger partial charge in [0, 0.05) is 35.8 Å². The fourth-order valence-electron chi connectivity index (χ4n) is 1.99. The smallest absolute Gasteiger partial charge is 0.0992 e. The fraction of sp³-hybridized carbons (Fsp3) is 0.417. The first-order valence-electron chi connectivity index (χ1n) is 5.38. The zero-order valence-electron chi connectivity index (χ0n) is 9.20. The summed E-state index contributed by atoms with van der Waals surface area (Å²) in [4.78, 5) is 2.31. The monoisotopic (exact) mass is 279 g/mol. The van der Waals surface area contributed by atoms with Crippen LogP contribution in [0.15, 0.2) is 22.7 Å². The molecule has 1 aliphatic rings. The number of piperazine rings is 1. The second-order valence-corrected chi connectivity index (χ2v) is 5.03. The molecule has 2 rings (SSSR count). The minimum atomic E-state index is 0.498. The van der Waals surface area contributed by atoms with Gasteiger partial charge in [-0.15, -0.1) is 0 Å². The Morgan fingerprint density at radius 2 is 2.31 bits per heavy atom. The number of nitrogens with zero attached hydrogens (tertiary/aromatic N) is 2. The van der Waals surface area contributed by atoms with Gasteiger partial charge in [-0.2, -0.15) is 5.26 Å². The normalized spacial score (nSPS) is 20.6. The summed E-state index contributed by atoms with van der Waals surface area (Å²) in [6, 6.07) is 8.54. The van der Waals surface area contributed by atoms with Crippen molar-refractivity contribution < 1.29 is 0 Å². The molecule has 0 aliphatic carbocycles. The van der Waals surface area contributed by atoms with E-state index >= 15 is 0 Å². The lowest BCUT2D eigenvalue weighted by Crippen LogP contribution is -2.49. The molecule has 4 heteroatoms. The molecule has 1 N–H and O–H groups in total. The van der Waals surface area contributed by atoms with Crippen molar-refractivity contribution in [1.82, 2.24) is 5.32 Å². The highest BCUT2D eigenvalue weighted by Gasteiger charge is 2.16. The van der Waals surface area contributed by atoms with E-state index in [1.165, 1.54) is 0 Å². The van der Waals surface area contributed by atoms with Crippen LogP contribution in [-0.2, 0) is 0 Å². The summed E-state index contributed by atoms with van der Waals surface area (Å²) in [6.07, 6.45) is 0. The van der Waals surface area contributed by atoms with Gasteiger partial charge in [-0.1, -0.05) is 15.9 Å². The molecule has 1 aliphatic heterocycles. The van der Waals surface area contributed by atoms with E-state index in [4.69, 9.17) is 5.26 Å². The summed E-state index contributed by atoms with van der Waals surface area (Å²) in [6.45, 7) is 5.15. The van der Waals surface area contributed by atoms with Gasteiger partial charge in [-0.3, -0.25) is 0 Å². The first-order chi connectivity index (χ1) is 7.69. The molecule has 1 saturated heterocycles. The molecule has 0 unspecified atom stereocenters. The molecule has 1 fully saturated rings. The number of rotatable bonds is 1. The van der Waals surface area contributed by atoms with Gasteiger partial charge in [0.2, 0.25) is 0 Å². The number of hydrogen-bond donors (Lipinski definition) is 1. The third kappa shape index (κ3) is 2.55. The minimum absolute atomic E-state index is 0.498. The number of anilines is 1. The van der Waals surface area contributed by atoms with Crippen molar-refractivity contribution in [1.29, 1.82) is 5.26 Å². The molecule has 0 saturated carbocycles. The summed E-state index contributed by atoms with van der Waals surface area (Å²) in [7, 11) is 0. The highest BCUT2D eigenvalue weighted by molar-refractivity contribution is 9.10. The molecule has 3 nitrogen and oxygen atoms in total. The Morgan fingerprint density at radius 3 is 3.00 bits per heavy atom. The SMILES string of the molecule is C[C@@H]1CN(c2cc(Br)cc(C#N)c2)CCN1. The van der Waals surface area contributed by atoms with Crippen LogP contribution in [0.3, 0.4) is 0 Å².